The van der Waals surface area contributed by atoms with Crippen LogP contribution in [0.1, 0.15) is 17.7 Å². The lowest BCUT2D eigenvalue weighted by Crippen LogP contribution is -2.00. The van der Waals surface area contributed by atoms with Gasteiger partial charge in [-0.1, -0.05) is 22.0 Å². The van der Waals surface area contributed by atoms with E-state index in [1.807, 2.05) is 37.4 Å². The highest BCUT2D eigenvalue weighted by Crippen LogP contribution is 2.19. The minimum absolute atomic E-state index is 0.106. The van der Waals surface area contributed by atoms with Crippen molar-refractivity contribution in [2.45, 2.75) is 19.8 Å². The zero-order valence-electron chi connectivity index (χ0n) is 9.93. The second kappa shape index (κ2) is 5.35. The summed E-state index contributed by atoms with van der Waals surface area (Å²) in [4.78, 5) is 10.5. The number of aryl methyl sites for hydroxylation is 2. The van der Waals surface area contributed by atoms with Crippen LogP contribution in [0, 0.1) is 6.92 Å². The van der Waals surface area contributed by atoms with Gasteiger partial charge in [-0.05, 0) is 30.7 Å². The van der Waals surface area contributed by atoms with Crippen molar-refractivity contribution in [3.63, 3.8) is 0 Å². The number of carboxylic acid groups (broad SMARTS) is 1. The van der Waals surface area contributed by atoms with E-state index in [4.69, 9.17) is 5.11 Å². The molecule has 0 bridgehead atoms. The third kappa shape index (κ3) is 2.98. The lowest BCUT2D eigenvalue weighted by molar-refractivity contribution is -0.136. The van der Waals surface area contributed by atoms with Gasteiger partial charge in [-0.2, -0.15) is 5.10 Å². The number of hydrogen-bond acceptors (Lipinski definition) is 2. The van der Waals surface area contributed by atoms with Crippen LogP contribution >= 0.6 is 15.9 Å². The maximum atomic E-state index is 10.5. The molecule has 0 unspecified atom stereocenters. The van der Waals surface area contributed by atoms with E-state index in [9.17, 15) is 4.79 Å². The van der Waals surface area contributed by atoms with Gasteiger partial charge in [-0.25, -0.2) is 4.68 Å². The highest BCUT2D eigenvalue weighted by atomic mass is 79.9. The molecule has 18 heavy (non-hydrogen) atoms. The maximum absolute atomic E-state index is 10.5. The Balaban J connectivity index is 2.18. The van der Waals surface area contributed by atoms with Gasteiger partial charge >= 0.3 is 5.97 Å². The van der Waals surface area contributed by atoms with Crippen molar-refractivity contribution < 1.29 is 9.90 Å². The molecule has 5 heteroatoms. The van der Waals surface area contributed by atoms with E-state index in [2.05, 4.69) is 21.0 Å². The number of hydrogen-bond donors (Lipinski definition) is 1. The number of aromatic nitrogens is 2. The Hall–Kier alpha value is -1.62. The molecular formula is C13H13BrN2O2. The lowest BCUT2D eigenvalue weighted by Gasteiger charge is -2.04. The van der Waals surface area contributed by atoms with Gasteiger partial charge in [0.2, 0.25) is 0 Å². The maximum Gasteiger partial charge on any atom is 0.303 e. The summed E-state index contributed by atoms with van der Waals surface area (Å²) in [6.45, 7) is 2.02. The van der Waals surface area contributed by atoms with Gasteiger partial charge < -0.3 is 5.11 Å². The average Bonchev–Trinajstić information content (AvgIpc) is 2.79. The molecule has 0 aliphatic rings. The van der Waals surface area contributed by atoms with Gasteiger partial charge in [0, 0.05) is 17.1 Å². The predicted octanol–water partition coefficient (Wildman–Crippen LogP) is 2.96. The molecule has 0 aliphatic heterocycles. The largest absolute Gasteiger partial charge is 0.481 e. The average molecular weight is 309 g/mol. The molecule has 0 saturated heterocycles. The highest BCUT2D eigenvalue weighted by molar-refractivity contribution is 9.10. The smallest absolute Gasteiger partial charge is 0.303 e. The van der Waals surface area contributed by atoms with Gasteiger partial charge in [-0.3, -0.25) is 4.79 Å². The molecule has 0 aliphatic carbocycles. The Kier molecular flexibility index (Phi) is 3.81. The Bertz CT molecular complexity index is 578. The number of carboxylic acids is 1. The quantitative estimate of drug-likeness (QED) is 0.944. The van der Waals surface area contributed by atoms with Crippen molar-refractivity contribution >= 4 is 21.9 Å². The molecular weight excluding hydrogens is 296 g/mol. The van der Waals surface area contributed by atoms with Crippen molar-refractivity contribution in [3.05, 3.63) is 46.2 Å². The van der Waals surface area contributed by atoms with Crippen LogP contribution in [-0.2, 0) is 11.2 Å². The topological polar surface area (TPSA) is 55.1 Å². The summed E-state index contributed by atoms with van der Waals surface area (Å²) in [5.41, 5.74) is 2.90. The second-order valence-corrected chi connectivity index (χ2v) is 4.93. The zero-order chi connectivity index (χ0) is 13.1. The minimum Gasteiger partial charge on any atom is -0.481 e. The van der Waals surface area contributed by atoms with E-state index in [0.717, 1.165) is 21.4 Å². The molecule has 0 radical (unpaired) electrons. The molecule has 0 saturated carbocycles. The Labute approximate surface area is 113 Å². The number of benzene rings is 1. The van der Waals surface area contributed by atoms with E-state index >= 15 is 0 Å². The summed E-state index contributed by atoms with van der Waals surface area (Å²) in [5.74, 6) is -0.803. The third-order valence-electron chi connectivity index (χ3n) is 2.66. The van der Waals surface area contributed by atoms with Gasteiger partial charge in [0.15, 0.2) is 0 Å². The fourth-order valence-electron chi connectivity index (χ4n) is 1.60. The molecule has 2 rings (SSSR count). The number of carbonyl (C=O) groups is 1. The molecule has 1 aromatic heterocycles. The van der Waals surface area contributed by atoms with Gasteiger partial charge in [0.05, 0.1) is 17.8 Å². The summed E-state index contributed by atoms with van der Waals surface area (Å²) in [5, 5.41) is 13.0. The van der Waals surface area contributed by atoms with Crippen molar-refractivity contribution in [3.8, 4) is 5.69 Å². The first-order valence-corrected chi connectivity index (χ1v) is 6.38. The zero-order valence-corrected chi connectivity index (χ0v) is 11.5. The Morgan fingerprint density at radius 3 is 2.89 bits per heavy atom. The fraction of sp³-hybridized carbons (Fsp3) is 0.231. The predicted molar refractivity (Wildman–Crippen MR) is 72.0 cm³/mol. The summed E-state index contributed by atoms with van der Waals surface area (Å²) < 4.78 is 2.78. The number of aliphatic carboxylic acids is 1. The number of halogens is 1. The third-order valence-corrected chi connectivity index (χ3v) is 3.51. The minimum atomic E-state index is -0.803. The van der Waals surface area contributed by atoms with Crippen LogP contribution in [0.5, 0.6) is 0 Å². The van der Waals surface area contributed by atoms with Crippen LogP contribution in [0.15, 0.2) is 34.9 Å². The van der Waals surface area contributed by atoms with Crippen LogP contribution in [-0.4, -0.2) is 20.9 Å². The molecule has 0 fully saturated rings. The van der Waals surface area contributed by atoms with Gasteiger partial charge in [-0.15, -0.1) is 0 Å². The van der Waals surface area contributed by atoms with Crippen LogP contribution < -0.4 is 0 Å². The molecule has 0 spiro atoms. The molecule has 0 atom stereocenters. The lowest BCUT2D eigenvalue weighted by atomic mass is 10.2. The van der Waals surface area contributed by atoms with Crippen molar-refractivity contribution in [2.75, 3.05) is 0 Å². The molecule has 1 N–H and O–H groups in total. The summed E-state index contributed by atoms with van der Waals surface area (Å²) in [6, 6.07) is 7.83. The van der Waals surface area contributed by atoms with Crippen LogP contribution in [0.3, 0.4) is 0 Å². The van der Waals surface area contributed by atoms with Gasteiger partial charge in [0.1, 0.15) is 0 Å². The number of rotatable bonds is 4. The van der Waals surface area contributed by atoms with Crippen molar-refractivity contribution in [1.82, 2.24) is 9.78 Å². The highest BCUT2D eigenvalue weighted by Gasteiger charge is 2.05. The van der Waals surface area contributed by atoms with E-state index in [1.165, 1.54) is 0 Å². The standard InChI is InChI=1S/C13H13BrN2O2/c1-9-2-4-11(8-12(9)14)16-7-6-10(15-16)3-5-13(17)18/h2,4,6-8H,3,5H2,1H3,(H,17,18). The van der Waals surface area contributed by atoms with Crippen molar-refractivity contribution in [1.29, 1.82) is 0 Å². The molecule has 4 nitrogen and oxygen atoms in total. The summed E-state index contributed by atoms with van der Waals surface area (Å²) >= 11 is 3.48. The first-order valence-electron chi connectivity index (χ1n) is 5.59. The summed E-state index contributed by atoms with van der Waals surface area (Å²) in [6.07, 6.45) is 2.40. The first kappa shape index (κ1) is 12.8. The van der Waals surface area contributed by atoms with E-state index in [0.29, 0.717) is 6.42 Å². The van der Waals surface area contributed by atoms with Crippen LogP contribution in [0.4, 0.5) is 0 Å². The van der Waals surface area contributed by atoms with Crippen molar-refractivity contribution in [2.24, 2.45) is 0 Å². The second-order valence-electron chi connectivity index (χ2n) is 4.08. The monoisotopic (exact) mass is 308 g/mol. The molecule has 1 heterocycles. The van der Waals surface area contributed by atoms with E-state index < -0.39 is 5.97 Å². The van der Waals surface area contributed by atoms with Gasteiger partial charge in [0.25, 0.3) is 0 Å². The van der Waals surface area contributed by atoms with Crippen LogP contribution in [0.25, 0.3) is 5.69 Å². The van der Waals surface area contributed by atoms with E-state index in [-0.39, 0.29) is 6.42 Å². The SMILES string of the molecule is Cc1ccc(-n2ccc(CCC(=O)O)n2)cc1Br. The molecule has 1 aromatic carbocycles. The summed E-state index contributed by atoms with van der Waals surface area (Å²) in [7, 11) is 0. The fourth-order valence-corrected chi connectivity index (χ4v) is 1.96. The first-order chi connectivity index (χ1) is 8.56. The molecule has 94 valence electrons. The Morgan fingerprint density at radius 2 is 2.22 bits per heavy atom. The number of nitrogens with zero attached hydrogens (tertiary/aromatic N) is 2. The normalized spacial score (nSPS) is 10.6. The van der Waals surface area contributed by atoms with Crippen LogP contribution in [0.2, 0.25) is 0 Å². The Morgan fingerprint density at radius 1 is 1.44 bits per heavy atom. The van der Waals surface area contributed by atoms with E-state index in [1.54, 1.807) is 4.68 Å². The molecule has 2 aromatic rings. The molecule has 0 amide bonds.